The van der Waals surface area contributed by atoms with Crippen molar-refractivity contribution in [1.29, 1.82) is 0 Å². The molecule has 0 aliphatic heterocycles. The number of rotatable bonds is 4. The van der Waals surface area contributed by atoms with Crippen molar-refractivity contribution in [3.8, 4) is 0 Å². The quantitative estimate of drug-likeness (QED) is 0.847. The van der Waals surface area contributed by atoms with Gasteiger partial charge in [-0.2, -0.15) is 0 Å². The lowest BCUT2D eigenvalue weighted by Crippen LogP contribution is -2.26. The lowest BCUT2D eigenvalue weighted by atomic mass is 9.78. The summed E-state index contributed by atoms with van der Waals surface area (Å²) in [6, 6.07) is 3.89. The summed E-state index contributed by atoms with van der Waals surface area (Å²) < 4.78 is 5.28. The Balaban J connectivity index is 1.76. The second-order valence-corrected chi connectivity index (χ2v) is 5.22. The monoisotopic (exact) mass is 222 g/mol. The Hall–Kier alpha value is -0.760. The SMILES string of the molecule is CC1CCCC(C(O)CCc2ccco2)C1. The van der Waals surface area contributed by atoms with E-state index in [4.69, 9.17) is 4.42 Å². The van der Waals surface area contributed by atoms with Crippen molar-refractivity contribution >= 4 is 0 Å². The second-order valence-electron chi connectivity index (χ2n) is 5.22. The number of hydrogen-bond acceptors (Lipinski definition) is 2. The van der Waals surface area contributed by atoms with Crippen LogP contribution in [0, 0.1) is 11.8 Å². The first kappa shape index (κ1) is 11.7. The predicted octanol–water partition coefficient (Wildman–Crippen LogP) is 3.40. The fraction of sp³-hybridized carbons (Fsp3) is 0.714. The van der Waals surface area contributed by atoms with Crippen LogP contribution in [0.2, 0.25) is 0 Å². The number of furan rings is 1. The van der Waals surface area contributed by atoms with Crippen LogP contribution in [0.4, 0.5) is 0 Å². The van der Waals surface area contributed by atoms with Crippen LogP contribution in [0.5, 0.6) is 0 Å². The van der Waals surface area contributed by atoms with E-state index >= 15 is 0 Å². The minimum atomic E-state index is -0.146. The van der Waals surface area contributed by atoms with Gasteiger partial charge in [0.05, 0.1) is 12.4 Å². The van der Waals surface area contributed by atoms with Crippen molar-refractivity contribution < 1.29 is 9.52 Å². The first-order chi connectivity index (χ1) is 7.75. The summed E-state index contributed by atoms with van der Waals surface area (Å²) >= 11 is 0. The lowest BCUT2D eigenvalue weighted by molar-refractivity contribution is 0.0640. The van der Waals surface area contributed by atoms with Gasteiger partial charge in [-0.15, -0.1) is 0 Å². The van der Waals surface area contributed by atoms with Gasteiger partial charge >= 0.3 is 0 Å². The van der Waals surface area contributed by atoms with Crippen LogP contribution in [0.3, 0.4) is 0 Å². The smallest absolute Gasteiger partial charge is 0.103 e. The number of hydrogen-bond donors (Lipinski definition) is 1. The molecule has 1 aromatic rings. The highest BCUT2D eigenvalue weighted by Gasteiger charge is 2.25. The molecule has 1 aliphatic carbocycles. The normalized spacial score (nSPS) is 27.9. The van der Waals surface area contributed by atoms with E-state index in [2.05, 4.69) is 6.92 Å². The molecule has 16 heavy (non-hydrogen) atoms. The first-order valence-electron chi connectivity index (χ1n) is 6.46. The number of aliphatic hydroxyl groups is 1. The number of aliphatic hydroxyl groups excluding tert-OH is 1. The molecule has 0 saturated heterocycles. The average Bonchev–Trinajstić information content (AvgIpc) is 2.78. The molecule has 0 aromatic carbocycles. The Bertz CT molecular complexity index is 292. The zero-order valence-corrected chi connectivity index (χ0v) is 10.1. The molecule has 2 nitrogen and oxygen atoms in total. The van der Waals surface area contributed by atoms with Crippen molar-refractivity contribution in [1.82, 2.24) is 0 Å². The lowest BCUT2D eigenvalue weighted by Gasteiger charge is -2.30. The Morgan fingerprint density at radius 1 is 1.50 bits per heavy atom. The maximum atomic E-state index is 10.1. The summed E-state index contributed by atoms with van der Waals surface area (Å²) in [5.74, 6) is 2.29. The van der Waals surface area contributed by atoms with Crippen molar-refractivity contribution in [3.05, 3.63) is 24.2 Å². The van der Waals surface area contributed by atoms with Crippen molar-refractivity contribution in [2.24, 2.45) is 11.8 Å². The Morgan fingerprint density at radius 2 is 2.38 bits per heavy atom. The van der Waals surface area contributed by atoms with E-state index in [-0.39, 0.29) is 6.10 Å². The van der Waals surface area contributed by atoms with E-state index in [0.717, 1.165) is 24.5 Å². The molecular weight excluding hydrogens is 200 g/mol. The predicted molar refractivity (Wildman–Crippen MR) is 64.2 cm³/mol. The van der Waals surface area contributed by atoms with E-state index in [9.17, 15) is 5.11 Å². The first-order valence-corrected chi connectivity index (χ1v) is 6.46. The molecule has 0 spiro atoms. The van der Waals surface area contributed by atoms with Crippen LogP contribution >= 0.6 is 0 Å². The maximum Gasteiger partial charge on any atom is 0.103 e. The maximum absolute atomic E-state index is 10.1. The average molecular weight is 222 g/mol. The van der Waals surface area contributed by atoms with Crippen molar-refractivity contribution in [3.63, 3.8) is 0 Å². The van der Waals surface area contributed by atoms with Gasteiger partial charge in [0.1, 0.15) is 5.76 Å². The van der Waals surface area contributed by atoms with Crippen LogP contribution in [-0.4, -0.2) is 11.2 Å². The molecule has 1 N–H and O–H groups in total. The molecular formula is C14H22O2. The van der Waals surface area contributed by atoms with E-state index in [1.165, 1.54) is 25.7 Å². The van der Waals surface area contributed by atoms with E-state index in [1.54, 1.807) is 6.26 Å². The van der Waals surface area contributed by atoms with Gasteiger partial charge in [-0.25, -0.2) is 0 Å². The number of aryl methyl sites for hydroxylation is 1. The molecule has 2 rings (SSSR count). The van der Waals surface area contributed by atoms with Gasteiger partial charge in [-0.1, -0.05) is 19.8 Å². The van der Waals surface area contributed by atoms with E-state index < -0.39 is 0 Å². The van der Waals surface area contributed by atoms with Gasteiger partial charge in [0.25, 0.3) is 0 Å². The standard InChI is InChI=1S/C14H22O2/c1-11-4-2-5-12(10-11)14(15)8-7-13-6-3-9-16-13/h3,6,9,11-12,14-15H,2,4-5,7-8,10H2,1H3. The Morgan fingerprint density at radius 3 is 3.06 bits per heavy atom. The summed E-state index contributed by atoms with van der Waals surface area (Å²) in [4.78, 5) is 0. The third-order valence-corrected chi connectivity index (χ3v) is 3.79. The van der Waals surface area contributed by atoms with Gasteiger partial charge in [0.2, 0.25) is 0 Å². The molecule has 3 atom stereocenters. The van der Waals surface area contributed by atoms with Crippen LogP contribution in [0.1, 0.15) is 44.8 Å². The molecule has 0 amide bonds. The van der Waals surface area contributed by atoms with Crippen LogP contribution < -0.4 is 0 Å². The molecule has 1 aliphatic rings. The molecule has 90 valence electrons. The van der Waals surface area contributed by atoms with Crippen molar-refractivity contribution in [2.45, 2.75) is 51.6 Å². The molecule has 2 heteroatoms. The highest BCUT2D eigenvalue weighted by molar-refractivity contribution is 4.98. The van der Waals surface area contributed by atoms with Gasteiger partial charge in [0.15, 0.2) is 0 Å². The summed E-state index contributed by atoms with van der Waals surface area (Å²) in [5.41, 5.74) is 0. The van der Waals surface area contributed by atoms with Crippen LogP contribution in [0.15, 0.2) is 22.8 Å². The minimum absolute atomic E-state index is 0.146. The Labute approximate surface area is 97.7 Å². The van der Waals surface area contributed by atoms with Crippen LogP contribution in [0.25, 0.3) is 0 Å². The molecule has 1 aromatic heterocycles. The molecule has 1 saturated carbocycles. The summed E-state index contributed by atoms with van der Waals surface area (Å²) in [6.07, 6.45) is 8.26. The second kappa shape index (κ2) is 5.53. The third kappa shape index (κ3) is 3.11. The Kier molecular flexibility index (Phi) is 4.05. The largest absolute Gasteiger partial charge is 0.469 e. The van der Waals surface area contributed by atoms with E-state index in [1.807, 2.05) is 12.1 Å². The topological polar surface area (TPSA) is 33.4 Å². The fourth-order valence-corrected chi connectivity index (χ4v) is 2.81. The molecule has 0 radical (unpaired) electrons. The molecule has 0 bridgehead atoms. The molecule has 3 unspecified atom stereocenters. The third-order valence-electron chi connectivity index (χ3n) is 3.79. The molecule has 1 heterocycles. The van der Waals surface area contributed by atoms with E-state index in [0.29, 0.717) is 5.92 Å². The zero-order chi connectivity index (χ0) is 11.4. The summed E-state index contributed by atoms with van der Waals surface area (Å²) in [6.45, 7) is 2.30. The van der Waals surface area contributed by atoms with Gasteiger partial charge in [0, 0.05) is 6.42 Å². The van der Waals surface area contributed by atoms with Crippen LogP contribution in [-0.2, 0) is 6.42 Å². The van der Waals surface area contributed by atoms with Gasteiger partial charge in [-0.05, 0) is 43.2 Å². The summed E-state index contributed by atoms with van der Waals surface area (Å²) in [7, 11) is 0. The molecule has 1 fully saturated rings. The fourth-order valence-electron chi connectivity index (χ4n) is 2.81. The highest BCUT2D eigenvalue weighted by Crippen LogP contribution is 2.32. The van der Waals surface area contributed by atoms with Crippen molar-refractivity contribution in [2.75, 3.05) is 0 Å². The highest BCUT2D eigenvalue weighted by atomic mass is 16.3. The zero-order valence-electron chi connectivity index (χ0n) is 10.1. The minimum Gasteiger partial charge on any atom is -0.469 e. The summed E-state index contributed by atoms with van der Waals surface area (Å²) in [5, 5.41) is 10.1. The van der Waals surface area contributed by atoms with Gasteiger partial charge in [-0.3, -0.25) is 0 Å². The van der Waals surface area contributed by atoms with Gasteiger partial charge < -0.3 is 9.52 Å².